The monoisotopic (exact) mass is 431 g/mol. The summed E-state index contributed by atoms with van der Waals surface area (Å²) in [6, 6.07) is 8.28. The highest BCUT2D eigenvalue weighted by Crippen LogP contribution is 2.38. The number of likely N-dealkylation sites (N-methyl/N-ethyl adjacent to an activating group) is 1. The zero-order chi connectivity index (χ0) is 18.7. The molecular weight excluding hydrogens is 410 g/mol. The summed E-state index contributed by atoms with van der Waals surface area (Å²) in [5.74, 6) is 1.32. The molecule has 0 saturated heterocycles. The lowest BCUT2D eigenvalue weighted by atomic mass is 10.0. The number of fused-ring (bicyclic) bond motifs is 1. The third-order valence-electron chi connectivity index (χ3n) is 4.20. The van der Waals surface area contributed by atoms with Crippen LogP contribution in [0.25, 0.3) is 0 Å². The molecule has 3 rings (SSSR count). The van der Waals surface area contributed by atoms with Crippen LogP contribution in [-0.2, 0) is 13.0 Å². The summed E-state index contributed by atoms with van der Waals surface area (Å²) in [7, 11) is 2.11. The maximum absolute atomic E-state index is 9.56. The summed E-state index contributed by atoms with van der Waals surface area (Å²) in [5, 5.41) is 10.4. The summed E-state index contributed by atoms with van der Waals surface area (Å²) in [5.41, 5.74) is 2.90. The predicted molar refractivity (Wildman–Crippen MR) is 111 cm³/mol. The Labute approximate surface area is 167 Å². The highest BCUT2D eigenvalue weighted by Gasteiger charge is 2.22. The Hall–Kier alpha value is -1.68. The third kappa shape index (κ3) is 4.35. The highest BCUT2D eigenvalue weighted by atomic mass is 79.9. The minimum Gasteiger partial charge on any atom is -0.492 e. The Morgan fingerprint density at radius 2 is 2.27 bits per heavy atom. The van der Waals surface area contributed by atoms with Crippen LogP contribution in [0.1, 0.15) is 35.4 Å². The number of aliphatic imine (C=N–C) groups is 1. The first-order valence-corrected chi connectivity index (χ1v) is 10.3. The summed E-state index contributed by atoms with van der Waals surface area (Å²) in [6.07, 6.45) is 2.74. The summed E-state index contributed by atoms with van der Waals surface area (Å²) < 4.78 is 6.69. The molecule has 1 aromatic carbocycles. The molecule has 26 heavy (non-hydrogen) atoms. The minimum atomic E-state index is 0.483. The summed E-state index contributed by atoms with van der Waals surface area (Å²) in [6.45, 7) is 6.83. The molecule has 0 bridgehead atoms. The Morgan fingerprint density at radius 1 is 1.46 bits per heavy atom. The van der Waals surface area contributed by atoms with Crippen molar-refractivity contribution in [3.8, 4) is 11.8 Å². The van der Waals surface area contributed by atoms with Gasteiger partial charge in [-0.3, -0.25) is 0 Å². The van der Waals surface area contributed by atoms with E-state index in [9.17, 15) is 5.26 Å². The molecule has 0 fully saturated rings. The first kappa shape index (κ1) is 19.1. The van der Waals surface area contributed by atoms with Gasteiger partial charge in [-0.15, -0.1) is 11.3 Å². The number of hydrogen-bond acceptors (Lipinski definition) is 5. The van der Waals surface area contributed by atoms with Crippen LogP contribution in [0.15, 0.2) is 27.7 Å². The Kier molecular flexibility index (Phi) is 6.13. The molecule has 2 heterocycles. The number of hydrogen-bond donors (Lipinski definition) is 0. The Bertz CT molecular complexity index is 867. The molecule has 1 aromatic heterocycles. The van der Waals surface area contributed by atoms with E-state index in [0.717, 1.165) is 45.9 Å². The van der Waals surface area contributed by atoms with E-state index >= 15 is 0 Å². The predicted octanol–water partition coefficient (Wildman–Crippen LogP) is 5.16. The number of ether oxygens (including phenoxy) is 1. The van der Waals surface area contributed by atoms with Crippen molar-refractivity contribution < 1.29 is 4.74 Å². The Morgan fingerprint density at radius 3 is 2.96 bits per heavy atom. The van der Waals surface area contributed by atoms with E-state index in [-0.39, 0.29) is 0 Å². The lowest BCUT2D eigenvalue weighted by Gasteiger charge is -2.21. The molecule has 0 unspecified atom stereocenters. The van der Waals surface area contributed by atoms with Gasteiger partial charge < -0.3 is 9.64 Å². The van der Waals surface area contributed by atoms with Crippen molar-refractivity contribution in [2.24, 2.45) is 10.9 Å². The zero-order valence-electron chi connectivity index (χ0n) is 15.3. The molecule has 0 radical (unpaired) electrons. The van der Waals surface area contributed by atoms with E-state index in [1.54, 1.807) is 11.3 Å². The SMILES string of the molecule is CC(C)COc1ccc(C=Nc2sc3c(c2C#N)CCN(C)C3)cc1Br. The lowest BCUT2D eigenvalue weighted by molar-refractivity contribution is 0.269. The molecule has 1 aliphatic heterocycles. The van der Waals surface area contributed by atoms with Gasteiger partial charge in [-0.25, -0.2) is 4.99 Å². The van der Waals surface area contributed by atoms with Gasteiger partial charge in [0.15, 0.2) is 0 Å². The molecule has 0 atom stereocenters. The average Bonchev–Trinajstić information content (AvgIpc) is 2.95. The normalized spacial score (nSPS) is 14.6. The molecular formula is C20H22BrN3OS. The van der Waals surface area contributed by atoms with Crippen LogP contribution >= 0.6 is 27.3 Å². The molecule has 1 aliphatic rings. The summed E-state index contributed by atoms with van der Waals surface area (Å²) in [4.78, 5) is 8.16. The number of rotatable bonds is 5. The van der Waals surface area contributed by atoms with Gasteiger partial charge in [0.05, 0.1) is 16.6 Å². The molecule has 136 valence electrons. The first-order valence-electron chi connectivity index (χ1n) is 8.67. The van der Waals surface area contributed by atoms with Crippen molar-refractivity contribution in [1.29, 1.82) is 5.26 Å². The van der Waals surface area contributed by atoms with Gasteiger partial charge in [0.2, 0.25) is 0 Å². The van der Waals surface area contributed by atoms with Crippen LogP contribution in [0, 0.1) is 17.2 Å². The molecule has 0 spiro atoms. The fourth-order valence-corrected chi connectivity index (χ4v) is 4.56. The number of thiophene rings is 1. The van der Waals surface area contributed by atoms with Crippen molar-refractivity contribution in [2.75, 3.05) is 20.2 Å². The second kappa shape index (κ2) is 8.34. The third-order valence-corrected chi connectivity index (χ3v) is 5.94. The zero-order valence-corrected chi connectivity index (χ0v) is 17.7. The fraction of sp³-hybridized carbons (Fsp3) is 0.400. The van der Waals surface area contributed by atoms with Gasteiger partial charge in [-0.05, 0) is 64.6 Å². The van der Waals surface area contributed by atoms with Gasteiger partial charge >= 0.3 is 0 Å². The number of nitriles is 1. The van der Waals surface area contributed by atoms with Gasteiger partial charge in [-0.2, -0.15) is 5.26 Å². The van der Waals surface area contributed by atoms with Crippen LogP contribution in [0.4, 0.5) is 5.00 Å². The molecule has 0 aliphatic carbocycles. The smallest absolute Gasteiger partial charge is 0.134 e. The second-order valence-electron chi connectivity index (χ2n) is 6.94. The average molecular weight is 432 g/mol. The second-order valence-corrected chi connectivity index (χ2v) is 8.87. The van der Waals surface area contributed by atoms with E-state index in [4.69, 9.17) is 4.74 Å². The molecule has 0 N–H and O–H groups in total. The van der Waals surface area contributed by atoms with Crippen molar-refractivity contribution >= 4 is 38.5 Å². The molecule has 0 amide bonds. The number of benzene rings is 1. The van der Waals surface area contributed by atoms with Crippen LogP contribution in [-0.4, -0.2) is 31.3 Å². The van der Waals surface area contributed by atoms with Crippen LogP contribution < -0.4 is 4.74 Å². The van der Waals surface area contributed by atoms with E-state index in [1.807, 2.05) is 24.4 Å². The van der Waals surface area contributed by atoms with Gasteiger partial charge in [-0.1, -0.05) is 13.8 Å². The van der Waals surface area contributed by atoms with Crippen molar-refractivity contribution in [1.82, 2.24) is 4.90 Å². The van der Waals surface area contributed by atoms with Crippen LogP contribution in [0.2, 0.25) is 0 Å². The topological polar surface area (TPSA) is 48.6 Å². The van der Waals surface area contributed by atoms with E-state index in [2.05, 4.69) is 52.8 Å². The first-order chi connectivity index (χ1) is 12.5. The molecule has 2 aromatic rings. The fourth-order valence-electron chi connectivity index (χ4n) is 2.83. The van der Waals surface area contributed by atoms with Crippen molar-refractivity contribution in [3.05, 3.63) is 44.2 Å². The van der Waals surface area contributed by atoms with Gasteiger partial charge in [0.25, 0.3) is 0 Å². The Balaban J connectivity index is 1.80. The molecule has 6 heteroatoms. The van der Waals surface area contributed by atoms with E-state index in [1.165, 1.54) is 10.4 Å². The molecule has 0 saturated carbocycles. The quantitative estimate of drug-likeness (QED) is 0.614. The van der Waals surface area contributed by atoms with Gasteiger partial charge in [0, 0.05) is 24.2 Å². The van der Waals surface area contributed by atoms with Crippen molar-refractivity contribution in [2.45, 2.75) is 26.8 Å². The maximum atomic E-state index is 9.56. The summed E-state index contributed by atoms with van der Waals surface area (Å²) >= 11 is 5.19. The lowest BCUT2D eigenvalue weighted by Crippen LogP contribution is -2.25. The molecule has 4 nitrogen and oxygen atoms in total. The van der Waals surface area contributed by atoms with E-state index in [0.29, 0.717) is 12.5 Å². The highest BCUT2D eigenvalue weighted by molar-refractivity contribution is 9.10. The largest absolute Gasteiger partial charge is 0.492 e. The standard InChI is InChI=1S/C20H22BrN3OS/c1-13(2)12-25-18-5-4-14(8-17(18)21)10-23-20-16(9-22)15-6-7-24(3)11-19(15)26-20/h4-5,8,10,13H,6-7,11-12H2,1-3H3. The van der Waals surface area contributed by atoms with Crippen molar-refractivity contribution in [3.63, 3.8) is 0 Å². The van der Waals surface area contributed by atoms with Crippen LogP contribution in [0.5, 0.6) is 5.75 Å². The maximum Gasteiger partial charge on any atom is 0.134 e. The van der Waals surface area contributed by atoms with Gasteiger partial charge in [0.1, 0.15) is 16.8 Å². The number of halogens is 1. The van der Waals surface area contributed by atoms with Crippen LogP contribution in [0.3, 0.4) is 0 Å². The number of nitrogens with zero attached hydrogens (tertiary/aromatic N) is 3. The van der Waals surface area contributed by atoms with E-state index < -0.39 is 0 Å². The minimum absolute atomic E-state index is 0.483.